The molecule has 1 fully saturated rings. The van der Waals surface area contributed by atoms with Gasteiger partial charge in [0.1, 0.15) is 10.7 Å². The molecule has 196 valence electrons. The number of halogens is 2. The lowest BCUT2D eigenvalue weighted by atomic mass is 9.86. The fraction of sp³-hybridized carbons (Fsp3) is 0.290. The Morgan fingerprint density at radius 3 is 2.37 bits per heavy atom. The number of thiophene rings is 1. The summed E-state index contributed by atoms with van der Waals surface area (Å²) in [6, 6.07) is 20.2. The predicted molar refractivity (Wildman–Crippen MR) is 154 cm³/mol. The number of nitrogens with one attached hydrogen (secondary N) is 1. The standard InChI is InChI=1S/C31H30ClFN2O2S/c1-19-7-14-25(15-8-19)35(31(37)30-29(32)26-5-3-4-6-28(26)38-30)18-23-17-22(11-16-27(23)33)21-9-12-24(13-10-21)34-20(2)36/h3-6,9-13,16-17,19,25H,7-8,14-15,18H2,1-2H3,(H,34,36)/t19-,25-. The number of benzene rings is 3. The first kappa shape index (κ1) is 26.4. The van der Waals surface area contributed by atoms with Gasteiger partial charge in [0.05, 0.1) is 5.02 Å². The zero-order valence-corrected chi connectivity index (χ0v) is 23.0. The molecule has 0 radical (unpaired) electrons. The van der Waals surface area contributed by atoms with E-state index in [0.717, 1.165) is 46.9 Å². The molecule has 1 aliphatic rings. The van der Waals surface area contributed by atoms with Crippen LogP contribution in [-0.4, -0.2) is 22.8 Å². The molecule has 0 bridgehead atoms. The van der Waals surface area contributed by atoms with Crippen molar-refractivity contribution in [3.05, 3.63) is 88.0 Å². The highest BCUT2D eigenvalue weighted by Gasteiger charge is 2.31. The molecule has 1 saturated carbocycles. The number of amides is 2. The van der Waals surface area contributed by atoms with Gasteiger partial charge in [-0.3, -0.25) is 9.59 Å². The Kier molecular flexibility index (Phi) is 7.82. The molecular weight excluding hydrogens is 519 g/mol. The van der Waals surface area contributed by atoms with Gasteiger partial charge in [-0.05, 0) is 73.1 Å². The van der Waals surface area contributed by atoms with Gasteiger partial charge in [-0.1, -0.05) is 54.9 Å². The number of rotatable bonds is 6. The zero-order chi connectivity index (χ0) is 26.8. The predicted octanol–water partition coefficient (Wildman–Crippen LogP) is 8.54. The Balaban J connectivity index is 1.47. The highest BCUT2D eigenvalue weighted by Crippen LogP contribution is 2.38. The van der Waals surface area contributed by atoms with Crippen molar-refractivity contribution < 1.29 is 14.0 Å². The van der Waals surface area contributed by atoms with Crippen LogP contribution in [0.4, 0.5) is 10.1 Å². The second kappa shape index (κ2) is 11.3. The third-order valence-corrected chi connectivity index (χ3v) is 9.00. The van der Waals surface area contributed by atoms with Crippen molar-refractivity contribution in [3.8, 4) is 11.1 Å². The second-order valence-corrected chi connectivity index (χ2v) is 11.6. The zero-order valence-electron chi connectivity index (χ0n) is 21.5. The number of fused-ring (bicyclic) bond motifs is 1. The van der Waals surface area contributed by atoms with E-state index >= 15 is 4.39 Å². The lowest BCUT2D eigenvalue weighted by Gasteiger charge is -2.36. The molecule has 0 saturated heterocycles. The van der Waals surface area contributed by atoms with E-state index in [-0.39, 0.29) is 30.2 Å². The third-order valence-electron chi connectivity index (χ3n) is 7.34. The van der Waals surface area contributed by atoms with Crippen LogP contribution in [0.3, 0.4) is 0 Å². The lowest BCUT2D eigenvalue weighted by Crippen LogP contribution is -2.41. The topological polar surface area (TPSA) is 49.4 Å². The van der Waals surface area contributed by atoms with Crippen LogP contribution < -0.4 is 5.32 Å². The normalized spacial score (nSPS) is 17.4. The minimum absolute atomic E-state index is 0.0278. The maximum absolute atomic E-state index is 15.2. The van der Waals surface area contributed by atoms with Gasteiger partial charge in [-0.25, -0.2) is 4.39 Å². The van der Waals surface area contributed by atoms with Crippen LogP contribution in [-0.2, 0) is 11.3 Å². The van der Waals surface area contributed by atoms with E-state index in [4.69, 9.17) is 11.6 Å². The van der Waals surface area contributed by atoms with E-state index in [1.54, 1.807) is 6.07 Å². The molecule has 7 heteroatoms. The van der Waals surface area contributed by atoms with Gasteiger partial charge < -0.3 is 10.2 Å². The van der Waals surface area contributed by atoms with Crippen LogP contribution in [0.1, 0.15) is 54.8 Å². The summed E-state index contributed by atoms with van der Waals surface area (Å²) in [7, 11) is 0. The molecule has 5 rings (SSSR count). The molecule has 2 amide bonds. The molecule has 1 aromatic heterocycles. The third kappa shape index (κ3) is 5.62. The van der Waals surface area contributed by atoms with Crippen LogP contribution in [0, 0.1) is 11.7 Å². The summed E-state index contributed by atoms with van der Waals surface area (Å²) in [6.45, 7) is 3.88. The van der Waals surface area contributed by atoms with E-state index in [1.165, 1.54) is 24.3 Å². The summed E-state index contributed by atoms with van der Waals surface area (Å²) in [5.41, 5.74) is 2.92. The summed E-state index contributed by atoms with van der Waals surface area (Å²) < 4.78 is 16.2. The summed E-state index contributed by atoms with van der Waals surface area (Å²) >= 11 is 8.10. The Morgan fingerprint density at radius 1 is 1.00 bits per heavy atom. The first-order valence-electron chi connectivity index (χ1n) is 12.9. The molecule has 1 N–H and O–H groups in total. The molecule has 3 aromatic carbocycles. The van der Waals surface area contributed by atoms with Crippen molar-refractivity contribution in [2.75, 3.05) is 5.32 Å². The molecule has 1 aliphatic carbocycles. The molecule has 0 atom stereocenters. The quantitative estimate of drug-likeness (QED) is 0.262. The van der Waals surface area contributed by atoms with E-state index < -0.39 is 0 Å². The highest BCUT2D eigenvalue weighted by molar-refractivity contribution is 7.21. The second-order valence-electron chi connectivity index (χ2n) is 10.2. The van der Waals surface area contributed by atoms with Crippen molar-refractivity contribution in [2.45, 2.75) is 52.1 Å². The van der Waals surface area contributed by atoms with E-state index in [2.05, 4.69) is 12.2 Å². The molecule has 0 unspecified atom stereocenters. The molecular formula is C31H30ClFN2O2S. The minimum Gasteiger partial charge on any atom is -0.330 e. The molecule has 38 heavy (non-hydrogen) atoms. The van der Waals surface area contributed by atoms with Gasteiger partial charge >= 0.3 is 0 Å². The van der Waals surface area contributed by atoms with Crippen molar-refractivity contribution in [3.63, 3.8) is 0 Å². The molecule has 4 aromatic rings. The number of carbonyl (C=O) groups is 2. The van der Waals surface area contributed by atoms with Gasteiger partial charge in [-0.2, -0.15) is 0 Å². The maximum atomic E-state index is 15.2. The smallest absolute Gasteiger partial charge is 0.266 e. The monoisotopic (exact) mass is 548 g/mol. The molecule has 0 spiro atoms. The van der Waals surface area contributed by atoms with Gasteiger partial charge in [0.2, 0.25) is 5.91 Å². The number of hydrogen-bond donors (Lipinski definition) is 1. The van der Waals surface area contributed by atoms with Crippen LogP contribution in [0.15, 0.2) is 66.7 Å². The Morgan fingerprint density at radius 2 is 1.68 bits per heavy atom. The van der Waals surface area contributed by atoms with Gasteiger partial charge in [0.25, 0.3) is 5.91 Å². The lowest BCUT2D eigenvalue weighted by molar-refractivity contribution is -0.114. The number of hydrogen-bond acceptors (Lipinski definition) is 3. The minimum atomic E-state index is -0.340. The largest absolute Gasteiger partial charge is 0.330 e. The number of anilines is 1. The van der Waals surface area contributed by atoms with E-state index in [1.807, 2.05) is 59.5 Å². The van der Waals surface area contributed by atoms with Crippen LogP contribution in [0.5, 0.6) is 0 Å². The van der Waals surface area contributed by atoms with Gasteiger partial charge in [0.15, 0.2) is 0 Å². The Bertz CT molecular complexity index is 1480. The highest BCUT2D eigenvalue weighted by atomic mass is 35.5. The van der Waals surface area contributed by atoms with Crippen molar-refractivity contribution in [2.24, 2.45) is 5.92 Å². The van der Waals surface area contributed by atoms with Crippen molar-refractivity contribution in [1.82, 2.24) is 4.90 Å². The summed E-state index contributed by atoms with van der Waals surface area (Å²) in [5, 5.41) is 4.10. The maximum Gasteiger partial charge on any atom is 0.266 e. The Hall–Kier alpha value is -3.22. The van der Waals surface area contributed by atoms with E-state index in [9.17, 15) is 9.59 Å². The average Bonchev–Trinajstić information content (AvgIpc) is 3.25. The van der Waals surface area contributed by atoms with Crippen LogP contribution in [0.2, 0.25) is 5.02 Å². The van der Waals surface area contributed by atoms with Gasteiger partial charge in [-0.15, -0.1) is 11.3 Å². The van der Waals surface area contributed by atoms with Crippen LogP contribution in [0.25, 0.3) is 21.2 Å². The van der Waals surface area contributed by atoms with Crippen LogP contribution >= 0.6 is 22.9 Å². The fourth-order valence-corrected chi connectivity index (χ4v) is 6.68. The van der Waals surface area contributed by atoms with Crippen molar-refractivity contribution in [1.29, 1.82) is 0 Å². The molecule has 1 heterocycles. The first-order valence-corrected chi connectivity index (χ1v) is 14.1. The SMILES string of the molecule is CC(=O)Nc1ccc(-c2ccc(F)c(CN(C(=O)c3sc4ccccc4c3Cl)[C@H]3CC[C@H](C)CC3)c2)cc1. The summed E-state index contributed by atoms with van der Waals surface area (Å²) in [6.07, 6.45) is 3.86. The van der Waals surface area contributed by atoms with Gasteiger partial charge in [0, 0.05) is 40.8 Å². The van der Waals surface area contributed by atoms with E-state index in [0.29, 0.717) is 27.1 Å². The Labute approximate surface area is 231 Å². The summed E-state index contributed by atoms with van der Waals surface area (Å²) in [5.74, 6) is 0.00677. The first-order chi connectivity index (χ1) is 18.3. The molecule has 4 nitrogen and oxygen atoms in total. The van der Waals surface area contributed by atoms with Crippen molar-refractivity contribution >= 4 is 50.5 Å². The fourth-order valence-electron chi connectivity index (χ4n) is 5.21. The average molecular weight is 549 g/mol. The number of nitrogens with zero attached hydrogens (tertiary/aromatic N) is 1. The molecule has 0 aliphatic heterocycles. The number of carbonyl (C=O) groups excluding carboxylic acids is 2. The summed E-state index contributed by atoms with van der Waals surface area (Å²) in [4.78, 5) is 27.7.